The van der Waals surface area contributed by atoms with E-state index in [2.05, 4.69) is 25.1 Å². The molecule has 0 bridgehead atoms. The summed E-state index contributed by atoms with van der Waals surface area (Å²) in [7, 11) is 1.91. The first-order chi connectivity index (χ1) is 12.7. The number of aromatic amines is 1. The molecule has 1 aliphatic heterocycles. The minimum absolute atomic E-state index is 0.0939. The van der Waals surface area contributed by atoms with Gasteiger partial charge in [0.2, 0.25) is 0 Å². The molecule has 9 heteroatoms. The molecule has 3 aromatic heterocycles. The number of hydrogen-bond acceptors (Lipinski definition) is 7. The molecule has 4 heterocycles. The van der Waals surface area contributed by atoms with Crippen LogP contribution in [0.25, 0.3) is 0 Å². The molecule has 1 fully saturated rings. The molecule has 0 aliphatic carbocycles. The van der Waals surface area contributed by atoms with Crippen molar-refractivity contribution in [2.45, 2.75) is 35.6 Å². The van der Waals surface area contributed by atoms with Gasteiger partial charge in [-0.15, -0.1) is 10.2 Å². The number of furan rings is 1. The Morgan fingerprint density at radius 3 is 3.15 bits per heavy atom. The van der Waals surface area contributed by atoms with E-state index in [1.807, 2.05) is 23.7 Å². The Labute approximate surface area is 154 Å². The molecule has 1 N–H and O–H groups in total. The Bertz CT molecular complexity index is 933. The highest BCUT2D eigenvalue weighted by Crippen LogP contribution is 2.29. The Hall–Kier alpha value is -2.39. The van der Waals surface area contributed by atoms with Gasteiger partial charge in [-0.1, -0.05) is 0 Å². The molecule has 1 unspecified atom stereocenters. The van der Waals surface area contributed by atoms with Crippen LogP contribution in [0.4, 0.5) is 0 Å². The fraction of sp³-hybridized carbons (Fsp3) is 0.412. The highest BCUT2D eigenvalue weighted by atomic mass is 32.2. The maximum absolute atomic E-state index is 11.5. The molecule has 4 rings (SSSR count). The summed E-state index contributed by atoms with van der Waals surface area (Å²) < 4.78 is 7.80. The van der Waals surface area contributed by atoms with Gasteiger partial charge < -0.3 is 14.0 Å². The summed E-state index contributed by atoms with van der Waals surface area (Å²) in [6, 6.07) is 5.58. The van der Waals surface area contributed by atoms with Gasteiger partial charge in [-0.2, -0.15) is 0 Å². The molecule has 0 spiro atoms. The van der Waals surface area contributed by atoms with E-state index < -0.39 is 0 Å². The minimum atomic E-state index is -0.0939. The zero-order valence-corrected chi connectivity index (χ0v) is 15.3. The first kappa shape index (κ1) is 17.0. The van der Waals surface area contributed by atoms with Crippen molar-refractivity contribution >= 4 is 11.8 Å². The Morgan fingerprint density at radius 1 is 1.42 bits per heavy atom. The van der Waals surface area contributed by atoms with Gasteiger partial charge in [0.15, 0.2) is 10.2 Å². The first-order valence-corrected chi connectivity index (χ1v) is 9.36. The van der Waals surface area contributed by atoms with Gasteiger partial charge in [-0.3, -0.25) is 9.69 Å². The lowest BCUT2D eigenvalue weighted by atomic mass is 9.94. The van der Waals surface area contributed by atoms with E-state index in [-0.39, 0.29) is 11.5 Å². The summed E-state index contributed by atoms with van der Waals surface area (Å²) in [4.78, 5) is 20.8. The van der Waals surface area contributed by atoms with Crippen LogP contribution in [0.15, 0.2) is 50.3 Å². The summed E-state index contributed by atoms with van der Waals surface area (Å²) in [5, 5.41) is 9.53. The van der Waals surface area contributed by atoms with Crippen LogP contribution in [0.2, 0.25) is 0 Å². The summed E-state index contributed by atoms with van der Waals surface area (Å²) in [6.07, 6.45) is 5.29. The van der Waals surface area contributed by atoms with E-state index in [1.165, 1.54) is 18.1 Å². The highest BCUT2D eigenvalue weighted by molar-refractivity contribution is 7.99. The maximum atomic E-state index is 11.5. The lowest BCUT2D eigenvalue weighted by molar-refractivity contribution is 0.182. The lowest BCUT2D eigenvalue weighted by Crippen LogP contribution is -2.34. The SMILES string of the molecule is Cn1cnnc1Sc1ccc(CN2CCCC(c3cc(=O)[nH]cn3)C2)o1. The zero-order chi connectivity index (χ0) is 17.9. The van der Waals surface area contributed by atoms with Crippen molar-refractivity contribution in [2.24, 2.45) is 7.05 Å². The van der Waals surface area contributed by atoms with Crippen molar-refractivity contribution in [1.29, 1.82) is 0 Å². The summed E-state index contributed by atoms with van der Waals surface area (Å²) in [6.45, 7) is 2.65. The lowest BCUT2D eigenvalue weighted by Gasteiger charge is -2.31. The number of rotatable bonds is 5. The molecule has 8 nitrogen and oxygen atoms in total. The van der Waals surface area contributed by atoms with E-state index in [9.17, 15) is 4.79 Å². The van der Waals surface area contributed by atoms with Crippen LogP contribution in [-0.2, 0) is 13.6 Å². The van der Waals surface area contributed by atoms with E-state index in [0.29, 0.717) is 0 Å². The standard InChI is InChI=1S/C17H20N6O2S/c1-22-11-20-21-17(22)26-16-5-4-13(25-16)9-23-6-2-3-12(8-23)14-7-15(24)19-10-18-14/h4-5,7,10-12H,2-3,6,8-9H2,1H3,(H,18,19,24). The van der Waals surface area contributed by atoms with Gasteiger partial charge in [0, 0.05) is 25.6 Å². The average Bonchev–Trinajstić information content (AvgIpc) is 3.25. The van der Waals surface area contributed by atoms with E-state index in [1.54, 1.807) is 12.4 Å². The van der Waals surface area contributed by atoms with Crippen molar-refractivity contribution in [1.82, 2.24) is 29.6 Å². The molecule has 0 amide bonds. The van der Waals surface area contributed by atoms with Crippen molar-refractivity contribution in [3.05, 3.63) is 52.7 Å². The van der Waals surface area contributed by atoms with Gasteiger partial charge in [0.05, 0.1) is 18.6 Å². The second kappa shape index (κ2) is 7.46. The first-order valence-electron chi connectivity index (χ1n) is 8.55. The number of aromatic nitrogens is 5. The second-order valence-electron chi connectivity index (χ2n) is 6.46. The molecule has 0 aromatic carbocycles. The largest absolute Gasteiger partial charge is 0.453 e. The van der Waals surface area contributed by atoms with Gasteiger partial charge in [0.1, 0.15) is 12.1 Å². The monoisotopic (exact) mass is 372 g/mol. The van der Waals surface area contributed by atoms with Gasteiger partial charge in [0.25, 0.3) is 5.56 Å². The number of aryl methyl sites for hydroxylation is 1. The van der Waals surface area contributed by atoms with E-state index in [0.717, 1.165) is 54.2 Å². The van der Waals surface area contributed by atoms with Crippen LogP contribution in [0.1, 0.15) is 30.2 Å². The fourth-order valence-electron chi connectivity index (χ4n) is 3.22. The third-order valence-corrected chi connectivity index (χ3v) is 5.47. The van der Waals surface area contributed by atoms with Crippen molar-refractivity contribution in [2.75, 3.05) is 13.1 Å². The van der Waals surface area contributed by atoms with Crippen LogP contribution >= 0.6 is 11.8 Å². The second-order valence-corrected chi connectivity index (χ2v) is 7.43. The number of hydrogen-bond donors (Lipinski definition) is 1. The number of nitrogens with one attached hydrogen (secondary N) is 1. The fourth-order valence-corrected chi connectivity index (χ4v) is 3.96. The molecule has 1 atom stereocenters. The maximum Gasteiger partial charge on any atom is 0.250 e. The molecule has 136 valence electrons. The Kier molecular flexibility index (Phi) is 4.89. The van der Waals surface area contributed by atoms with Gasteiger partial charge >= 0.3 is 0 Å². The molecule has 0 saturated carbocycles. The number of nitrogens with zero attached hydrogens (tertiary/aromatic N) is 5. The average molecular weight is 372 g/mol. The molecule has 26 heavy (non-hydrogen) atoms. The molecule has 1 saturated heterocycles. The van der Waals surface area contributed by atoms with Crippen LogP contribution in [0.5, 0.6) is 0 Å². The number of H-pyrrole nitrogens is 1. The topological polar surface area (TPSA) is 92.8 Å². The minimum Gasteiger partial charge on any atom is -0.453 e. The predicted octanol–water partition coefficient (Wildman–Crippen LogP) is 2.02. The van der Waals surface area contributed by atoms with E-state index >= 15 is 0 Å². The molecular weight excluding hydrogens is 352 g/mol. The summed E-state index contributed by atoms with van der Waals surface area (Å²) >= 11 is 1.46. The van der Waals surface area contributed by atoms with Crippen LogP contribution in [-0.4, -0.2) is 42.7 Å². The summed E-state index contributed by atoms with van der Waals surface area (Å²) in [5.41, 5.74) is 0.778. The molecule has 1 aliphatic rings. The van der Waals surface area contributed by atoms with Gasteiger partial charge in [-0.05, 0) is 43.3 Å². The Balaban J connectivity index is 1.39. The molecular formula is C17H20N6O2S. The zero-order valence-electron chi connectivity index (χ0n) is 14.5. The summed E-state index contributed by atoms with van der Waals surface area (Å²) in [5.74, 6) is 1.21. The highest BCUT2D eigenvalue weighted by Gasteiger charge is 2.23. The number of piperidine rings is 1. The third kappa shape index (κ3) is 3.88. The van der Waals surface area contributed by atoms with Gasteiger partial charge in [-0.25, -0.2) is 4.98 Å². The van der Waals surface area contributed by atoms with Crippen LogP contribution in [0.3, 0.4) is 0 Å². The Morgan fingerprint density at radius 2 is 2.35 bits per heavy atom. The van der Waals surface area contributed by atoms with Crippen LogP contribution < -0.4 is 5.56 Å². The van der Waals surface area contributed by atoms with E-state index in [4.69, 9.17) is 4.42 Å². The third-order valence-electron chi connectivity index (χ3n) is 4.50. The smallest absolute Gasteiger partial charge is 0.250 e. The van der Waals surface area contributed by atoms with Crippen molar-refractivity contribution in [3.63, 3.8) is 0 Å². The van der Waals surface area contributed by atoms with Crippen molar-refractivity contribution in [3.8, 4) is 0 Å². The quantitative estimate of drug-likeness (QED) is 0.732. The number of likely N-dealkylation sites (tertiary alicyclic amines) is 1. The molecule has 3 aromatic rings. The van der Waals surface area contributed by atoms with Crippen molar-refractivity contribution < 1.29 is 4.42 Å². The van der Waals surface area contributed by atoms with Crippen LogP contribution in [0, 0.1) is 0 Å². The normalized spacial score (nSPS) is 18.3. The predicted molar refractivity (Wildman–Crippen MR) is 95.9 cm³/mol. The molecule has 0 radical (unpaired) electrons.